The summed E-state index contributed by atoms with van der Waals surface area (Å²) in [5, 5.41) is 3.63. The van der Waals surface area contributed by atoms with E-state index in [9.17, 15) is 9.59 Å². The van der Waals surface area contributed by atoms with E-state index in [2.05, 4.69) is 5.32 Å². The van der Waals surface area contributed by atoms with Crippen molar-refractivity contribution in [1.29, 1.82) is 0 Å². The molecular formula is C18H23N3O3. The molecule has 1 aliphatic rings. The molecule has 3 rings (SSSR count). The van der Waals surface area contributed by atoms with Gasteiger partial charge in [-0.25, -0.2) is 0 Å². The van der Waals surface area contributed by atoms with E-state index in [1.807, 2.05) is 34.7 Å². The minimum atomic E-state index is -0.249. The maximum absolute atomic E-state index is 12.5. The minimum Gasteiger partial charge on any atom is -0.496 e. The first kappa shape index (κ1) is 16.4. The SMILES string of the molecule is COc1cccc2c1cc(C(=O)NCC(=O)N1CCCCC1)n2C. The summed E-state index contributed by atoms with van der Waals surface area (Å²) in [5.41, 5.74) is 1.43. The number of aryl methyl sites for hydroxylation is 1. The molecule has 2 aromatic rings. The molecule has 0 bridgehead atoms. The molecular weight excluding hydrogens is 306 g/mol. The van der Waals surface area contributed by atoms with Gasteiger partial charge < -0.3 is 19.5 Å². The average molecular weight is 329 g/mol. The summed E-state index contributed by atoms with van der Waals surface area (Å²) in [4.78, 5) is 26.5. The predicted molar refractivity (Wildman–Crippen MR) is 92.2 cm³/mol. The molecule has 0 spiro atoms. The number of rotatable bonds is 4. The number of likely N-dealkylation sites (tertiary alicyclic amines) is 1. The molecule has 0 aliphatic carbocycles. The Morgan fingerprint density at radius 1 is 1.21 bits per heavy atom. The van der Waals surface area contributed by atoms with Crippen LogP contribution in [0.25, 0.3) is 10.9 Å². The van der Waals surface area contributed by atoms with Gasteiger partial charge >= 0.3 is 0 Å². The molecule has 0 saturated carbocycles. The molecule has 0 unspecified atom stereocenters. The van der Waals surface area contributed by atoms with Crippen molar-refractivity contribution in [3.8, 4) is 5.75 Å². The lowest BCUT2D eigenvalue weighted by Gasteiger charge is -2.26. The number of nitrogens with zero attached hydrogens (tertiary/aromatic N) is 2. The van der Waals surface area contributed by atoms with Crippen molar-refractivity contribution in [3.63, 3.8) is 0 Å². The molecule has 6 nitrogen and oxygen atoms in total. The van der Waals surface area contributed by atoms with Crippen LogP contribution in [-0.2, 0) is 11.8 Å². The highest BCUT2D eigenvalue weighted by atomic mass is 16.5. The van der Waals surface area contributed by atoms with Crippen molar-refractivity contribution in [2.24, 2.45) is 7.05 Å². The van der Waals surface area contributed by atoms with Crippen molar-refractivity contribution in [2.75, 3.05) is 26.7 Å². The highest BCUT2D eigenvalue weighted by molar-refractivity contribution is 6.01. The number of nitrogens with one attached hydrogen (secondary N) is 1. The first-order valence-corrected chi connectivity index (χ1v) is 8.30. The second-order valence-electron chi connectivity index (χ2n) is 6.11. The van der Waals surface area contributed by atoms with Gasteiger partial charge in [0.05, 0.1) is 19.2 Å². The fourth-order valence-corrected chi connectivity index (χ4v) is 3.23. The van der Waals surface area contributed by atoms with Crippen LogP contribution in [0.4, 0.5) is 0 Å². The maximum Gasteiger partial charge on any atom is 0.268 e. The van der Waals surface area contributed by atoms with Crippen LogP contribution in [0.2, 0.25) is 0 Å². The molecule has 6 heteroatoms. The second kappa shape index (κ2) is 6.95. The minimum absolute atomic E-state index is 0.0144. The van der Waals surface area contributed by atoms with Crippen LogP contribution in [-0.4, -0.2) is 48.0 Å². The molecule has 128 valence electrons. The summed E-state index contributed by atoms with van der Waals surface area (Å²) >= 11 is 0. The topological polar surface area (TPSA) is 63.6 Å². The standard InChI is InChI=1S/C18H23N3O3/c1-20-14-7-6-8-16(24-2)13(14)11-15(20)18(23)19-12-17(22)21-9-4-3-5-10-21/h6-8,11H,3-5,9-10,12H2,1-2H3,(H,19,23). The number of benzene rings is 1. The lowest BCUT2D eigenvalue weighted by Crippen LogP contribution is -2.42. The Morgan fingerprint density at radius 2 is 1.96 bits per heavy atom. The molecule has 1 fully saturated rings. The number of hydrogen-bond acceptors (Lipinski definition) is 3. The monoisotopic (exact) mass is 329 g/mol. The molecule has 2 amide bonds. The molecule has 24 heavy (non-hydrogen) atoms. The van der Waals surface area contributed by atoms with Gasteiger partial charge in [0.1, 0.15) is 11.4 Å². The highest BCUT2D eigenvalue weighted by Crippen LogP contribution is 2.27. The Hall–Kier alpha value is -2.50. The molecule has 0 atom stereocenters. The van der Waals surface area contributed by atoms with Gasteiger partial charge in [0.25, 0.3) is 5.91 Å². The molecule has 2 heterocycles. The normalized spacial score (nSPS) is 14.7. The fourth-order valence-electron chi connectivity index (χ4n) is 3.23. The van der Waals surface area contributed by atoms with E-state index in [0.717, 1.165) is 42.6 Å². The Bertz CT molecular complexity index is 760. The number of ether oxygens (including phenoxy) is 1. The summed E-state index contributed by atoms with van der Waals surface area (Å²) in [6, 6.07) is 7.50. The van der Waals surface area contributed by atoms with Crippen LogP contribution in [0.15, 0.2) is 24.3 Å². The van der Waals surface area contributed by atoms with E-state index in [4.69, 9.17) is 4.74 Å². The lowest BCUT2D eigenvalue weighted by molar-refractivity contribution is -0.130. The summed E-state index contributed by atoms with van der Waals surface area (Å²) < 4.78 is 7.17. The second-order valence-corrected chi connectivity index (χ2v) is 6.11. The van der Waals surface area contributed by atoms with E-state index >= 15 is 0 Å². The van der Waals surface area contributed by atoms with Crippen LogP contribution in [0.5, 0.6) is 5.75 Å². The maximum atomic E-state index is 12.5. The number of hydrogen-bond donors (Lipinski definition) is 1. The molecule has 1 aromatic carbocycles. The van der Waals surface area contributed by atoms with Gasteiger partial charge in [-0.3, -0.25) is 9.59 Å². The summed E-state index contributed by atoms with van der Waals surface area (Å²) in [6.07, 6.45) is 3.26. The first-order chi connectivity index (χ1) is 11.6. The van der Waals surface area contributed by atoms with Crippen molar-refractivity contribution in [3.05, 3.63) is 30.0 Å². The first-order valence-electron chi connectivity index (χ1n) is 8.30. The zero-order valence-electron chi connectivity index (χ0n) is 14.2. The van der Waals surface area contributed by atoms with E-state index in [1.54, 1.807) is 13.2 Å². The van der Waals surface area contributed by atoms with Gasteiger partial charge in [-0.2, -0.15) is 0 Å². The Balaban J connectivity index is 1.72. The van der Waals surface area contributed by atoms with Crippen LogP contribution in [0, 0.1) is 0 Å². The van der Waals surface area contributed by atoms with E-state index < -0.39 is 0 Å². The zero-order chi connectivity index (χ0) is 17.1. The number of piperidine rings is 1. The Labute approximate surface area is 141 Å². The summed E-state index contributed by atoms with van der Waals surface area (Å²) in [6.45, 7) is 1.62. The Morgan fingerprint density at radius 3 is 2.67 bits per heavy atom. The smallest absolute Gasteiger partial charge is 0.268 e. The van der Waals surface area contributed by atoms with Gasteiger partial charge in [0.15, 0.2) is 0 Å². The van der Waals surface area contributed by atoms with Gasteiger partial charge in [-0.15, -0.1) is 0 Å². The van der Waals surface area contributed by atoms with Crippen molar-refractivity contribution < 1.29 is 14.3 Å². The van der Waals surface area contributed by atoms with Crippen LogP contribution in [0.1, 0.15) is 29.8 Å². The van der Waals surface area contributed by atoms with E-state index in [-0.39, 0.29) is 18.4 Å². The van der Waals surface area contributed by atoms with Crippen LogP contribution >= 0.6 is 0 Å². The van der Waals surface area contributed by atoms with Gasteiger partial charge in [0, 0.05) is 25.5 Å². The third kappa shape index (κ3) is 3.09. The van der Waals surface area contributed by atoms with Crippen molar-refractivity contribution >= 4 is 22.7 Å². The largest absolute Gasteiger partial charge is 0.496 e. The molecule has 1 aromatic heterocycles. The van der Waals surface area contributed by atoms with E-state index in [1.165, 1.54) is 6.42 Å². The number of fused-ring (bicyclic) bond motifs is 1. The molecule has 1 saturated heterocycles. The van der Waals surface area contributed by atoms with Crippen LogP contribution in [0.3, 0.4) is 0 Å². The predicted octanol–water partition coefficient (Wildman–Crippen LogP) is 1.93. The van der Waals surface area contributed by atoms with Crippen LogP contribution < -0.4 is 10.1 Å². The molecule has 1 N–H and O–H groups in total. The average Bonchev–Trinajstić information content (AvgIpc) is 2.97. The Kier molecular flexibility index (Phi) is 4.74. The summed E-state index contributed by atoms with van der Waals surface area (Å²) in [7, 11) is 3.45. The van der Waals surface area contributed by atoms with Gasteiger partial charge in [-0.1, -0.05) is 6.07 Å². The van der Waals surface area contributed by atoms with Gasteiger partial charge in [-0.05, 0) is 37.5 Å². The highest BCUT2D eigenvalue weighted by Gasteiger charge is 2.19. The lowest BCUT2D eigenvalue weighted by atomic mass is 10.1. The number of amides is 2. The van der Waals surface area contributed by atoms with Crippen molar-refractivity contribution in [2.45, 2.75) is 19.3 Å². The fraction of sp³-hybridized carbons (Fsp3) is 0.444. The zero-order valence-corrected chi connectivity index (χ0v) is 14.2. The molecule has 0 radical (unpaired) electrons. The molecule has 1 aliphatic heterocycles. The third-order valence-electron chi connectivity index (χ3n) is 4.61. The number of methoxy groups -OCH3 is 1. The third-order valence-corrected chi connectivity index (χ3v) is 4.61. The summed E-state index contributed by atoms with van der Waals surface area (Å²) in [5.74, 6) is 0.465. The number of aromatic nitrogens is 1. The van der Waals surface area contributed by atoms with E-state index in [0.29, 0.717) is 5.69 Å². The number of carbonyl (C=O) groups is 2. The van der Waals surface area contributed by atoms with Crippen molar-refractivity contribution in [1.82, 2.24) is 14.8 Å². The quantitative estimate of drug-likeness (QED) is 0.932. The van der Waals surface area contributed by atoms with Gasteiger partial charge in [0.2, 0.25) is 5.91 Å². The number of carbonyl (C=O) groups excluding carboxylic acids is 2.